The third kappa shape index (κ3) is 2.69. The number of halogens is 3. The Balaban J connectivity index is 1.96. The van der Waals surface area contributed by atoms with E-state index in [1.807, 2.05) is 0 Å². The molecule has 0 spiro atoms. The smallest absolute Gasteiger partial charge is 0.416 e. The van der Waals surface area contributed by atoms with Crippen LogP contribution in [0.4, 0.5) is 13.2 Å². The van der Waals surface area contributed by atoms with Gasteiger partial charge in [-0.15, -0.1) is 11.3 Å². The number of rotatable bonds is 3. The Hall–Kier alpha value is -2.35. The summed E-state index contributed by atoms with van der Waals surface area (Å²) in [5.74, 6) is -0.954. The highest BCUT2D eigenvalue weighted by molar-refractivity contribution is 7.15. The van der Waals surface area contributed by atoms with Crippen LogP contribution < -0.4 is 0 Å². The molecule has 0 atom stereocenters. The average molecular weight is 326 g/mol. The molecule has 2 aromatic heterocycles. The lowest BCUT2D eigenvalue weighted by atomic mass is 10.1. The number of carboxylic acid groups (broad SMARTS) is 1. The van der Waals surface area contributed by atoms with Gasteiger partial charge < -0.3 is 5.11 Å². The topological polar surface area (TPSA) is 54.6 Å². The van der Waals surface area contributed by atoms with Crippen LogP contribution in [-0.2, 0) is 17.4 Å². The molecule has 8 heteroatoms. The number of fused-ring (bicyclic) bond motifs is 1. The average Bonchev–Trinajstić information content (AvgIpc) is 3.00. The van der Waals surface area contributed by atoms with Crippen LogP contribution >= 0.6 is 11.3 Å². The quantitative estimate of drug-likeness (QED) is 0.798. The number of aromatic nitrogens is 2. The lowest BCUT2D eigenvalue weighted by molar-refractivity contribution is -0.138. The van der Waals surface area contributed by atoms with Crippen LogP contribution in [0.15, 0.2) is 35.8 Å². The number of hydrogen-bond acceptors (Lipinski definition) is 3. The molecule has 1 N–H and O–H groups in total. The van der Waals surface area contributed by atoms with E-state index in [-0.39, 0.29) is 6.42 Å². The highest BCUT2D eigenvalue weighted by Crippen LogP contribution is 2.31. The van der Waals surface area contributed by atoms with Crippen LogP contribution in [0.3, 0.4) is 0 Å². The van der Waals surface area contributed by atoms with Crippen molar-refractivity contribution < 1.29 is 23.1 Å². The van der Waals surface area contributed by atoms with E-state index in [1.165, 1.54) is 23.5 Å². The molecule has 3 rings (SSSR count). The van der Waals surface area contributed by atoms with Crippen molar-refractivity contribution in [3.63, 3.8) is 0 Å². The van der Waals surface area contributed by atoms with Gasteiger partial charge in [0.25, 0.3) is 0 Å². The summed E-state index contributed by atoms with van der Waals surface area (Å²) in [4.78, 5) is 15.7. The van der Waals surface area contributed by atoms with Gasteiger partial charge in [0.05, 0.1) is 17.7 Å². The number of aliphatic carboxylic acids is 1. The molecular weight excluding hydrogens is 317 g/mol. The molecule has 2 heterocycles. The highest BCUT2D eigenvalue weighted by Gasteiger charge is 2.30. The molecule has 0 amide bonds. The third-order valence-corrected chi connectivity index (χ3v) is 4.01. The van der Waals surface area contributed by atoms with E-state index in [1.54, 1.807) is 16.0 Å². The van der Waals surface area contributed by atoms with Gasteiger partial charge >= 0.3 is 12.1 Å². The standard InChI is InChI=1S/C14H9F3N2O2S/c15-14(16,17)9-3-1-8(2-4-9)11-6-19-10(5-12(20)21)7-22-13(19)18-11/h1-4,6-7H,5H2,(H,20,21). The Morgan fingerprint density at radius 3 is 2.55 bits per heavy atom. The lowest BCUT2D eigenvalue weighted by Crippen LogP contribution is -2.04. The van der Waals surface area contributed by atoms with Crippen LogP contribution in [0.1, 0.15) is 11.3 Å². The number of carboxylic acids is 1. The Bertz CT molecular complexity index is 834. The zero-order valence-electron chi connectivity index (χ0n) is 11.0. The summed E-state index contributed by atoms with van der Waals surface area (Å²) in [5, 5.41) is 10.5. The molecule has 0 aliphatic rings. The maximum atomic E-state index is 12.5. The Kier molecular flexibility index (Phi) is 3.40. The Labute approximate surface area is 126 Å². The minimum absolute atomic E-state index is 0.136. The van der Waals surface area contributed by atoms with Crippen molar-refractivity contribution in [3.8, 4) is 11.3 Å². The second kappa shape index (κ2) is 5.13. The molecule has 0 bridgehead atoms. The van der Waals surface area contributed by atoms with E-state index in [4.69, 9.17) is 5.11 Å². The van der Waals surface area contributed by atoms with Crippen molar-refractivity contribution in [2.45, 2.75) is 12.6 Å². The summed E-state index contributed by atoms with van der Waals surface area (Å²) < 4.78 is 39.3. The number of alkyl halides is 3. The fourth-order valence-electron chi connectivity index (χ4n) is 2.08. The predicted molar refractivity (Wildman–Crippen MR) is 74.8 cm³/mol. The summed E-state index contributed by atoms with van der Waals surface area (Å²) in [6, 6.07) is 4.71. The van der Waals surface area contributed by atoms with E-state index in [2.05, 4.69) is 4.98 Å². The monoisotopic (exact) mass is 326 g/mol. The van der Waals surface area contributed by atoms with Crippen molar-refractivity contribution in [2.24, 2.45) is 0 Å². The highest BCUT2D eigenvalue weighted by atomic mass is 32.1. The SMILES string of the molecule is O=C(O)Cc1csc2nc(-c3ccc(C(F)(F)F)cc3)cn12. The van der Waals surface area contributed by atoms with Crippen LogP contribution in [0, 0.1) is 0 Å². The molecule has 22 heavy (non-hydrogen) atoms. The van der Waals surface area contributed by atoms with Crippen LogP contribution in [0.2, 0.25) is 0 Å². The number of nitrogens with zero attached hydrogens (tertiary/aromatic N) is 2. The van der Waals surface area contributed by atoms with Crippen molar-refractivity contribution in [3.05, 3.63) is 47.1 Å². The number of carbonyl (C=O) groups is 1. The fraction of sp³-hybridized carbons (Fsp3) is 0.143. The first-order valence-corrected chi connectivity index (χ1v) is 7.07. The zero-order valence-corrected chi connectivity index (χ0v) is 11.8. The Morgan fingerprint density at radius 2 is 1.95 bits per heavy atom. The van der Waals surface area contributed by atoms with Gasteiger partial charge in [-0.3, -0.25) is 9.20 Å². The molecule has 114 valence electrons. The van der Waals surface area contributed by atoms with Crippen LogP contribution in [0.5, 0.6) is 0 Å². The summed E-state index contributed by atoms with van der Waals surface area (Å²) >= 11 is 1.29. The second-order valence-corrected chi connectivity index (χ2v) is 5.49. The maximum Gasteiger partial charge on any atom is 0.416 e. The molecular formula is C14H9F3N2O2S. The van der Waals surface area contributed by atoms with E-state index in [0.717, 1.165) is 12.1 Å². The largest absolute Gasteiger partial charge is 0.481 e. The van der Waals surface area contributed by atoms with Gasteiger partial charge in [0.15, 0.2) is 4.96 Å². The summed E-state index contributed by atoms with van der Waals surface area (Å²) in [5.41, 5.74) is 0.916. The first kappa shape index (κ1) is 14.6. The summed E-state index contributed by atoms with van der Waals surface area (Å²) in [6.07, 6.45) is -2.88. The van der Waals surface area contributed by atoms with Crippen molar-refractivity contribution in [2.75, 3.05) is 0 Å². The van der Waals surface area contributed by atoms with E-state index >= 15 is 0 Å². The van der Waals surface area contributed by atoms with Crippen molar-refractivity contribution in [1.29, 1.82) is 0 Å². The van der Waals surface area contributed by atoms with Gasteiger partial charge in [0.1, 0.15) is 0 Å². The Morgan fingerprint density at radius 1 is 1.27 bits per heavy atom. The first-order chi connectivity index (χ1) is 10.3. The number of thiazole rings is 1. The second-order valence-electron chi connectivity index (χ2n) is 4.65. The summed E-state index contributed by atoms with van der Waals surface area (Å²) in [6.45, 7) is 0. The van der Waals surface area contributed by atoms with Gasteiger partial charge in [0.2, 0.25) is 0 Å². The van der Waals surface area contributed by atoms with Crippen molar-refractivity contribution in [1.82, 2.24) is 9.38 Å². The summed E-state index contributed by atoms with van der Waals surface area (Å²) in [7, 11) is 0. The molecule has 0 fully saturated rings. The molecule has 0 unspecified atom stereocenters. The fourth-order valence-corrected chi connectivity index (χ4v) is 2.95. The molecule has 1 aromatic carbocycles. The molecule has 0 aliphatic heterocycles. The molecule has 0 radical (unpaired) electrons. The van der Waals surface area contributed by atoms with Crippen LogP contribution in [0.25, 0.3) is 16.2 Å². The molecule has 3 aromatic rings. The van der Waals surface area contributed by atoms with Crippen molar-refractivity contribution >= 4 is 22.3 Å². The number of hydrogen-bond donors (Lipinski definition) is 1. The third-order valence-electron chi connectivity index (χ3n) is 3.12. The van der Waals surface area contributed by atoms with Gasteiger partial charge in [-0.05, 0) is 12.1 Å². The molecule has 0 aliphatic carbocycles. The number of imidazole rings is 1. The zero-order chi connectivity index (χ0) is 15.9. The number of benzene rings is 1. The molecule has 0 saturated carbocycles. The van der Waals surface area contributed by atoms with Crippen LogP contribution in [-0.4, -0.2) is 20.5 Å². The predicted octanol–water partition coefficient (Wildman–Crippen LogP) is 3.71. The van der Waals surface area contributed by atoms with Gasteiger partial charge in [-0.2, -0.15) is 13.2 Å². The lowest BCUT2D eigenvalue weighted by Gasteiger charge is -2.06. The van der Waals surface area contributed by atoms with Gasteiger partial charge in [0, 0.05) is 22.8 Å². The minimum atomic E-state index is -4.37. The van der Waals surface area contributed by atoms with Gasteiger partial charge in [-0.1, -0.05) is 12.1 Å². The van der Waals surface area contributed by atoms with Gasteiger partial charge in [-0.25, -0.2) is 4.98 Å². The first-order valence-electron chi connectivity index (χ1n) is 6.19. The van der Waals surface area contributed by atoms with E-state index < -0.39 is 17.7 Å². The molecule has 0 saturated heterocycles. The molecule has 4 nitrogen and oxygen atoms in total. The maximum absolute atomic E-state index is 12.5. The van der Waals surface area contributed by atoms with E-state index in [9.17, 15) is 18.0 Å². The minimum Gasteiger partial charge on any atom is -0.481 e. The normalized spacial score (nSPS) is 12.0. The van der Waals surface area contributed by atoms with E-state index in [0.29, 0.717) is 21.9 Å².